The standard InChI is InChI=1S/C67H109NO7/c1-6-10-14-18-20-28-41-58(39-26-16-12-8-3)65(70)73-54-36-23-22-35-52-68(57-63(69)47-34-37-55-74-66(71)59(40-27-17-13-9-4)42-29-21-19-15-11-7-2)53-38-56-75-67(60-43-30-24-31-44-60,61-45-32-25-33-46-61)62-48-50-64(72-5)51-49-62/h24-25,30-33,43-46,48-51,58-59,63,69H,6-23,26-29,34-42,47,52-57H2,1-5H3. The Balaban J connectivity index is 1.61. The highest BCUT2D eigenvalue weighted by Gasteiger charge is 2.37. The van der Waals surface area contributed by atoms with E-state index in [0.29, 0.717) is 32.8 Å². The second-order valence-corrected chi connectivity index (χ2v) is 21.7. The molecule has 0 aliphatic rings. The lowest BCUT2D eigenvalue weighted by atomic mass is 9.80. The first-order valence-electron chi connectivity index (χ1n) is 31.0. The fraction of sp³-hybridized carbons (Fsp3) is 0.701. The number of aliphatic hydroxyl groups is 1. The number of nitrogens with zero attached hydrogens (tertiary/aromatic N) is 1. The van der Waals surface area contributed by atoms with Crippen LogP contribution in [0.4, 0.5) is 0 Å². The van der Waals surface area contributed by atoms with Crippen molar-refractivity contribution in [1.29, 1.82) is 0 Å². The Labute approximate surface area is 459 Å². The van der Waals surface area contributed by atoms with Gasteiger partial charge < -0.3 is 29.0 Å². The largest absolute Gasteiger partial charge is 0.497 e. The van der Waals surface area contributed by atoms with Gasteiger partial charge >= 0.3 is 11.9 Å². The molecule has 0 radical (unpaired) electrons. The molecule has 8 heteroatoms. The summed E-state index contributed by atoms with van der Waals surface area (Å²) in [6.45, 7) is 12.6. The van der Waals surface area contributed by atoms with Gasteiger partial charge in [0.15, 0.2) is 0 Å². The van der Waals surface area contributed by atoms with Crippen molar-refractivity contribution in [3.63, 3.8) is 0 Å². The van der Waals surface area contributed by atoms with Crippen molar-refractivity contribution in [3.8, 4) is 5.75 Å². The highest BCUT2D eigenvalue weighted by atomic mass is 16.5. The van der Waals surface area contributed by atoms with Crippen molar-refractivity contribution in [2.75, 3.05) is 46.6 Å². The molecule has 0 aromatic heterocycles. The molecule has 3 unspecified atom stereocenters. The average molecular weight is 1040 g/mol. The van der Waals surface area contributed by atoms with E-state index in [1.165, 1.54) is 103 Å². The number of hydrogen-bond donors (Lipinski definition) is 1. The van der Waals surface area contributed by atoms with E-state index in [0.717, 1.165) is 132 Å². The number of hydrogen-bond acceptors (Lipinski definition) is 8. The molecule has 75 heavy (non-hydrogen) atoms. The van der Waals surface area contributed by atoms with Crippen molar-refractivity contribution in [1.82, 2.24) is 4.90 Å². The van der Waals surface area contributed by atoms with Gasteiger partial charge in [0.25, 0.3) is 0 Å². The van der Waals surface area contributed by atoms with E-state index >= 15 is 0 Å². The van der Waals surface area contributed by atoms with Gasteiger partial charge in [-0.1, -0.05) is 242 Å². The number of methoxy groups -OCH3 is 1. The number of rotatable bonds is 49. The molecule has 3 aromatic carbocycles. The molecule has 0 saturated heterocycles. The third-order valence-electron chi connectivity index (χ3n) is 15.3. The van der Waals surface area contributed by atoms with Gasteiger partial charge in [-0.25, -0.2) is 0 Å². The van der Waals surface area contributed by atoms with E-state index in [9.17, 15) is 14.7 Å². The lowest BCUT2D eigenvalue weighted by Crippen LogP contribution is -2.36. The highest BCUT2D eigenvalue weighted by Crippen LogP contribution is 2.41. The summed E-state index contributed by atoms with van der Waals surface area (Å²) in [5.41, 5.74) is 2.32. The van der Waals surface area contributed by atoms with Crippen molar-refractivity contribution < 1.29 is 33.6 Å². The summed E-state index contributed by atoms with van der Waals surface area (Å²) >= 11 is 0. The topological polar surface area (TPSA) is 94.5 Å². The van der Waals surface area contributed by atoms with Gasteiger partial charge in [-0.05, 0) is 99.6 Å². The van der Waals surface area contributed by atoms with Gasteiger partial charge in [0, 0.05) is 19.7 Å². The second kappa shape index (κ2) is 43.3. The summed E-state index contributed by atoms with van der Waals surface area (Å²) in [5, 5.41) is 11.5. The molecule has 0 heterocycles. The number of carbonyl (C=O) groups excluding carboxylic acids is 2. The van der Waals surface area contributed by atoms with Crippen LogP contribution >= 0.6 is 0 Å². The SMILES string of the molecule is CCCCCCCCC(CCCCCC)C(=O)OCCCCCCN(CCCOC(c1ccccc1)(c1ccccc1)c1ccc(OC)cc1)CC(O)CCCCOC(=O)C(CCCCCC)CCCCCCCC. The summed E-state index contributed by atoms with van der Waals surface area (Å²) < 4.78 is 24.6. The van der Waals surface area contributed by atoms with E-state index in [-0.39, 0.29) is 23.8 Å². The molecule has 0 aliphatic heterocycles. The van der Waals surface area contributed by atoms with Gasteiger partial charge in [-0.3, -0.25) is 9.59 Å². The molecule has 1 N–H and O–H groups in total. The van der Waals surface area contributed by atoms with Gasteiger partial charge in [0.05, 0.1) is 38.3 Å². The molecule has 3 atom stereocenters. The van der Waals surface area contributed by atoms with E-state index < -0.39 is 11.7 Å². The Kier molecular flexibility index (Phi) is 37.8. The Morgan fingerprint density at radius 2 is 0.813 bits per heavy atom. The lowest BCUT2D eigenvalue weighted by Gasteiger charge is -2.36. The van der Waals surface area contributed by atoms with Crippen LogP contribution in [0.1, 0.15) is 250 Å². The first-order chi connectivity index (χ1) is 36.8. The molecule has 0 aliphatic carbocycles. The third-order valence-corrected chi connectivity index (χ3v) is 15.3. The van der Waals surface area contributed by atoms with Crippen molar-refractivity contribution in [2.45, 2.75) is 245 Å². The van der Waals surface area contributed by atoms with Crippen LogP contribution in [0.15, 0.2) is 84.9 Å². The van der Waals surface area contributed by atoms with E-state index in [1.807, 2.05) is 24.3 Å². The number of unbranched alkanes of at least 4 members (excludes halogenated alkanes) is 20. The Morgan fingerprint density at radius 3 is 1.28 bits per heavy atom. The minimum atomic E-state index is -0.835. The Bertz CT molecular complexity index is 1750. The summed E-state index contributed by atoms with van der Waals surface area (Å²) in [5.74, 6) is 0.831. The summed E-state index contributed by atoms with van der Waals surface area (Å²) in [7, 11) is 1.69. The molecule has 0 saturated carbocycles. The zero-order valence-electron chi connectivity index (χ0n) is 48.5. The summed E-state index contributed by atoms with van der Waals surface area (Å²) in [6, 6.07) is 29.2. The molecular formula is C67H109NO7. The van der Waals surface area contributed by atoms with E-state index in [1.54, 1.807) is 7.11 Å². The Morgan fingerprint density at radius 1 is 0.440 bits per heavy atom. The van der Waals surface area contributed by atoms with E-state index in [2.05, 4.69) is 93.3 Å². The zero-order chi connectivity index (χ0) is 53.9. The molecule has 8 nitrogen and oxygen atoms in total. The Hall–Kier alpha value is -3.72. The van der Waals surface area contributed by atoms with Crippen LogP contribution in [0.5, 0.6) is 5.75 Å². The van der Waals surface area contributed by atoms with Gasteiger partial charge in [0.1, 0.15) is 11.4 Å². The number of carbonyl (C=O) groups is 2. The van der Waals surface area contributed by atoms with Crippen LogP contribution in [0.2, 0.25) is 0 Å². The smallest absolute Gasteiger partial charge is 0.308 e. The minimum Gasteiger partial charge on any atom is -0.497 e. The molecule has 424 valence electrons. The number of benzene rings is 3. The van der Waals surface area contributed by atoms with Crippen molar-refractivity contribution in [3.05, 3.63) is 102 Å². The molecule has 0 fully saturated rings. The maximum absolute atomic E-state index is 13.3. The van der Waals surface area contributed by atoms with Crippen LogP contribution in [0, 0.1) is 11.8 Å². The molecule has 0 bridgehead atoms. The van der Waals surface area contributed by atoms with Crippen LogP contribution in [0.25, 0.3) is 0 Å². The first kappa shape index (κ1) is 65.6. The lowest BCUT2D eigenvalue weighted by molar-refractivity contribution is -0.150. The van der Waals surface area contributed by atoms with Crippen LogP contribution < -0.4 is 4.74 Å². The van der Waals surface area contributed by atoms with Crippen molar-refractivity contribution >= 4 is 11.9 Å². The molecule has 0 spiro atoms. The highest BCUT2D eigenvalue weighted by molar-refractivity contribution is 5.72. The fourth-order valence-corrected chi connectivity index (χ4v) is 10.7. The summed E-state index contributed by atoms with van der Waals surface area (Å²) in [6.07, 6.45) is 34.4. The molecule has 0 amide bonds. The summed E-state index contributed by atoms with van der Waals surface area (Å²) in [4.78, 5) is 29.0. The van der Waals surface area contributed by atoms with Crippen molar-refractivity contribution in [2.24, 2.45) is 11.8 Å². The zero-order valence-corrected chi connectivity index (χ0v) is 48.5. The molecule has 3 aromatic rings. The predicted octanol–water partition coefficient (Wildman–Crippen LogP) is 17.5. The number of aliphatic hydroxyl groups excluding tert-OH is 1. The fourth-order valence-electron chi connectivity index (χ4n) is 10.7. The number of esters is 2. The predicted molar refractivity (Wildman–Crippen MR) is 313 cm³/mol. The van der Waals surface area contributed by atoms with Crippen LogP contribution in [-0.2, 0) is 29.4 Å². The maximum atomic E-state index is 13.3. The number of ether oxygens (including phenoxy) is 4. The van der Waals surface area contributed by atoms with Gasteiger partial charge in [0.2, 0.25) is 0 Å². The van der Waals surface area contributed by atoms with E-state index in [4.69, 9.17) is 18.9 Å². The normalized spacial score (nSPS) is 12.9. The van der Waals surface area contributed by atoms with Crippen LogP contribution in [0.3, 0.4) is 0 Å². The third kappa shape index (κ3) is 27.9. The monoisotopic (exact) mass is 1040 g/mol. The van der Waals surface area contributed by atoms with Crippen LogP contribution in [-0.4, -0.2) is 74.6 Å². The minimum absolute atomic E-state index is 0.00473. The second-order valence-electron chi connectivity index (χ2n) is 21.7. The van der Waals surface area contributed by atoms with Gasteiger partial charge in [-0.15, -0.1) is 0 Å². The first-order valence-corrected chi connectivity index (χ1v) is 31.0. The quantitative estimate of drug-likeness (QED) is 0.0340. The average Bonchev–Trinajstić information content (AvgIpc) is 3.43. The van der Waals surface area contributed by atoms with Gasteiger partial charge in [-0.2, -0.15) is 0 Å². The maximum Gasteiger partial charge on any atom is 0.308 e. The molecular weight excluding hydrogens is 931 g/mol. The molecule has 3 rings (SSSR count).